The smallest absolute Gasteiger partial charge is 0.161 e. The Morgan fingerprint density at radius 3 is 2.50 bits per heavy atom. The van der Waals surface area contributed by atoms with E-state index in [1.165, 1.54) is 5.56 Å². The second kappa shape index (κ2) is 9.87. The molecular weight excluding hydrogens is 302 g/mol. The molecular formula is C19H33N3O2. The van der Waals surface area contributed by atoms with Crippen LogP contribution in [0.2, 0.25) is 0 Å². The maximum atomic E-state index is 5.97. The van der Waals surface area contributed by atoms with Crippen LogP contribution in [0.4, 0.5) is 0 Å². The molecule has 5 heteroatoms. The lowest BCUT2D eigenvalue weighted by molar-refractivity contribution is 0.133. The van der Waals surface area contributed by atoms with Crippen LogP contribution in [-0.4, -0.2) is 88.8 Å². The molecule has 24 heavy (non-hydrogen) atoms. The first kappa shape index (κ1) is 19.0. The summed E-state index contributed by atoms with van der Waals surface area (Å²) in [4.78, 5) is 7.05. The molecule has 0 radical (unpaired) electrons. The fourth-order valence-electron chi connectivity index (χ4n) is 2.94. The van der Waals surface area contributed by atoms with Gasteiger partial charge in [0.05, 0.1) is 7.11 Å². The van der Waals surface area contributed by atoms with Crippen molar-refractivity contribution in [3.63, 3.8) is 0 Å². The molecule has 1 aromatic carbocycles. The molecule has 1 fully saturated rings. The average molecular weight is 335 g/mol. The Hall–Kier alpha value is -1.30. The third-order valence-corrected chi connectivity index (χ3v) is 4.56. The van der Waals surface area contributed by atoms with Crippen LogP contribution in [0.1, 0.15) is 12.0 Å². The molecule has 0 spiro atoms. The highest BCUT2D eigenvalue weighted by molar-refractivity contribution is 5.43. The van der Waals surface area contributed by atoms with Crippen molar-refractivity contribution in [2.45, 2.75) is 12.8 Å². The van der Waals surface area contributed by atoms with Gasteiger partial charge in [0.1, 0.15) is 6.61 Å². The highest BCUT2D eigenvalue weighted by Crippen LogP contribution is 2.28. The lowest BCUT2D eigenvalue weighted by atomic mass is 10.1. The average Bonchev–Trinajstić information content (AvgIpc) is 2.57. The number of rotatable bonds is 9. The Kier molecular flexibility index (Phi) is 7.82. The predicted octanol–water partition coefficient (Wildman–Crippen LogP) is 1.82. The Bertz CT molecular complexity index is 486. The van der Waals surface area contributed by atoms with Crippen LogP contribution in [-0.2, 0) is 6.42 Å². The zero-order chi connectivity index (χ0) is 17.4. The third kappa shape index (κ3) is 6.30. The van der Waals surface area contributed by atoms with Gasteiger partial charge in [-0.05, 0) is 58.2 Å². The van der Waals surface area contributed by atoms with Gasteiger partial charge in [0.2, 0.25) is 0 Å². The number of piperazine rings is 1. The molecule has 0 bridgehead atoms. The molecule has 136 valence electrons. The molecule has 2 rings (SSSR count). The van der Waals surface area contributed by atoms with E-state index in [0.29, 0.717) is 6.61 Å². The van der Waals surface area contributed by atoms with Crippen LogP contribution < -0.4 is 9.47 Å². The summed E-state index contributed by atoms with van der Waals surface area (Å²) in [6.07, 6.45) is 2.22. The molecule has 0 aliphatic carbocycles. The topological polar surface area (TPSA) is 28.2 Å². The number of likely N-dealkylation sites (N-methyl/N-ethyl adjacent to an activating group) is 1. The van der Waals surface area contributed by atoms with Gasteiger partial charge < -0.3 is 19.3 Å². The fourth-order valence-corrected chi connectivity index (χ4v) is 2.94. The summed E-state index contributed by atoms with van der Waals surface area (Å²) in [5, 5.41) is 0. The minimum absolute atomic E-state index is 0.708. The quantitative estimate of drug-likeness (QED) is 0.686. The van der Waals surface area contributed by atoms with E-state index in [0.717, 1.165) is 63.6 Å². The Labute approximate surface area is 147 Å². The van der Waals surface area contributed by atoms with Crippen molar-refractivity contribution in [3.05, 3.63) is 23.8 Å². The van der Waals surface area contributed by atoms with Crippen molar-refractivity contribution in [2.24, 2.45) is 0 Å². The normalized spacial score (nSPS) is 16.5. The summed E-state index contributed by atoms with van der Waals surface area (Å²) >= 11 is 0. The first-order chi connectivity index (χ1) is 11.6. The van der Waals surface area contributed by atoms with E-state index in [1.54, 1.807) is 7.11 Å². The maximum absolute atomic E-state index is 5.97. The predicted molar refractivity (Wildman–Crippen MR) is 99.3 cm³/mol. The van der Waals surface area contributed by atoms with Crippen LogP contribution in [0, 0.1) is 0 Å². The van der Waals surface area contributed by atoms with E-state index >= 15 is 0 Å². The number of aryl methyl sites for hydroxylation is 1. The summed E-state index contributed by atoms with van der Waals surface area (Å²) in [5.74, 6) is 1.69. The highest BCUT2D eigenvalue weighted by atomic mass is 16.5. The van der Waals surface area contributed by atoms with Gasteiger partial charge in [-0.1, -0.05) is 6.07 Å². The SMILES string of the molecule is COc1cc(CCCN(C)C)ccc1OCCN1CCN(C)CC1. The van der Waals surface area contributed by atoms with Crippen molar-refractivity contribution in [1.82, 2.24) is 14.7 Å². The van der Waals surface area contributed by atoms with E-state index in [2.05, 4.69) is 48.0 Å². The van der Waals surface area contributed by atoms with Crippen molar-refractivity contribution in [1.29, 1.82) is 0 Å². The van der Waals surface area contributed by atoms with E-state index in [9.17, 15) is 0 Å². The number of benzene rings is 1. The van der Waals surface area contributed by atoms with Crippen molar-refractivity contribution >= 4 is 0 Å². The van der Waals surface area contributed by atoms with Crippen molar-refractivity contribution < 1.29 is 9.47 Å². The van der Waals surface area contributed by atoms with Gasteiger partial charge in [0.15, 0.2) is 11.5 Å². The Morgan fingerprint density at radius 1 is 1.08 bits per heavy atom. The molecule has 0 aromatic heterocycles. The molecule has 0 unspecified atom stereocenters. The summed E-state index contributed by atoms with van der Waals surface area (Å²) in [5.41, 5.74) is 1.31. The van der Waals surface area contributed by atoms with Crippen LogP contribution >= 0.6 is 0 Å². The molecule has 0 N–H and O–H groups in total. The fraction of sp³-hybridized carbons (Fsp3) is 0.684. The Morgan fingerprint density at radius 2 is 1.83 bits per heavy atom. The van der Waals surface area contributed by atoms with Crippen LogP contribution in [0.15, 0.2) is 18.2 Å². The molecule has 1 heterocycles. The van der Waals surface area contributed by atoms with Crippen LogP contribution in [0.25, 0.3) is 0 Å². The molecule has 0 saturated carbocycles. The summed E-state index contributed by atoms with van der Waals surface area (Å²) in [7, 11) is 8.11. The number of methoxy groups -OCH3 is 1. The van der Waals surface area contributed by atoms with Gasteiger partial charge in [0.25, 0.3) is 0 Å². The van der Waals surface area contributed by atoms with Gasteiger partial charge in [0, 0.05) is 32.7 Å². The van der Waals surface area contributed by atoms with Crippen LogP contribution in [0.3, 0.4) is 0 Å². The van der Waals surface area contributed by atoms with Crippen LogP contribution in [0.5, 0.6) is 11.5 Å². The first-order valence-corrected chi connectivity index (χ1v) is 8.94. The van der Waals surface area contributed by atoms with Gasteiger partial charge >= 0.3 is 0 Å². The monoisotopic (exact) mass is 335 g/mol. The highest BCUT2D eigenvalue weighted by Gasteiger charge is 2.14. The summed E-state index contributed by atoms with van der Waals surface area (Å²) in [6.45, 7) is 7.33. The van der Waals surface area contributed by atoms with Gasteiger partial charge in [-0.25, -0.2) is 0 Å². The minimum Gasteiger partial charge on any atom is -0.493 e. The van der Waals surface area contributed by atoms with E-state index < -0.39 is 0 Å². The van der Waals surface area contributed by atoms with Crippen molar-refractivity contribution in [2.75, 3.05) is 74.1 Å². The molecule has 1 aliphatic heterocycles. The maximum Gasteiger partial charge on any atom is 0.161 e. The lowest BCUT2D eigenvalue weighted by Crippen LogP contribution is -2.45. The Balaban J connectivity index is 1.79. The number of hydrogen-bond acceptors (Lipinski definition) is 5. The molecule has 0 amide bonds. The standard InChI is InChI=1S/C19H33N3O2/c1-20(2)9-5-6-17-7-8-18(19(16-17)23-4)24-15-14-22-12-10-21(3)11-13-22/h7-8,16H,5-6,9-15H2,1-4H3. The van der Waals surface area contributed by atoms with Gasteiger partial charge in [-0.15, -0.1) is 0 Å². The zero-order valence-electron chi connectivity index (χ0n) is 15.8. The molecule has 0 atom stereocenters. The number of ether oxygens (including phenoxy) is 2. The first-order valence-electron chi connectivity index (χ1n) is 8.94. The molecule has 5 nitrogen and oxygen atoms in total. The number of nitrogens with zero attached hydrogens (tertiary/aromatic N) is 3. The second-order valence-corrected chi connectivity index (χ2v) is 6.89. The molecule has 1 saturated heterocycles. The van der Waals surface area contributed by atoms with E-state index in [1.807, 2.05) is 6.07 Å². The van der Waals surface area contributed by atoms with Gasteiger partial charge in [-0.2, -0.15) is 0 Å². The van der Waals surface area contributed by atoms with E-state index in [-0.39, 0.29) is 0 Å². The third-order valence-electron chi connectivity index (χ3n) is 4.56. The molecule has 1 aliphatic rings. The molecule has 1 aromatic rings. The summed E-state index contributed by atoms with van der Waals surface area (Å²) < 4.78 is 11.5. The van der Waals surface area contributed by atoms with E-state index in [4.69, 9.17) is 9.47 Å². The lowest BCUT2D eigenvalue weighted by Gasteiger charge is -2.32. The second-order valence-electron chi connectivity index (χ2n) is 6.89. The van der Waals surface area contributed by atoms with Crippen molar-refractivity contribution in [3.8, 4) is 11.5 Å². The largest absolute Gasteiger partial charge is 0.493 e. The summed E-state index contributed by atoms with van der Waals surface area (Å²) in [6, 6.07) is 6.32. The minimum atomic E-state index is 0.708. The number of hydrogen-bond donors (Lipinski definition) is 0. The van der Waals surface area contributed by atoms with Gasteiger partial charge in [-0.3, -0.25) is 4.90 Å². The zero-order valence-corrected chi connectivity index (χ0v) is 15.8.